The van der Waals surface area contributed by atoms with Crippen molar-refractivity contribution in [3.8, 4) is 0 Å². The van der Waals surface area contributed by atoms with Gasteiger partial charge in [-0.05, 0) is 62.1 Å². The molecule has 0 aromatic heterocycles. The Kier molecular flexibility index (Phi) is 6.10. The summed E-state index contributed by atoms with van der Waals surface area (Å²) in [6.07, 6.45) is 7.93. The van der Waals surface area contributed by atoms with Crippen molar-refractivity contribution in [1.82, 2.24) is 4.90 Å². The maximum absolute atomic E-state index is 12.9. The van der Waals surface area contributed by atoms with Crippen molar-refractivity contribution < 1.29 is 14.3 Å². The first kappa shape index (κ1) is 22.6. The summed E-state index contributed by atoms with van der Waals surface area (Å²) in [6.45, 7) is 14.0. The van der Waals surface area contributed by atoms with E-state index in [1.807, 2.05) is 13.0 Å². The molecule has 5 heteroatoms. The lowest BCUT2D eigenvalue weighted by Crippen LogP contribution is -2.43. The third-order valence-electron chi connectivity index (χ3n) is 7.67. The SMILES string of the molecule is CC1=C2[C@H]3OC(=O)C(CN4CCC(C)CC(C)(C)C4)[C@@H]3CC[C@@]2(C)C=CC1=O.Cl. The molecule has 4 aliphatic rings. The van der Waals surface area contributed by atoms with Crippen molar-refractivity contribution >= 4 is 24.2 Å². The number of hydrogen-bond acceptors (Lipinski definition) is 4. The molecule has 0 aromatic carbocycles. The third-order valence-corrected chi connectivity index (χ3v) is 7.67. The first-order valence-corrected chi connectivity index (χ1v) is 11.0. The van der Waals surface area contributed by atoms with E-state index in [0.717, 1.165) is 49.5 Å². The highest BCUT2D eigenvalue weighted by Crippen LogP contribution is 2.53. The Bertz CT molecular complexity index is 755. The van der Waals surface area contributed by atoms with Crippen LogP contribution in [0.2, 0.25) is 0 Å². The number of ether oxygens (including phenoxy) is 1. The minimum absolute atomic E-state index is 0. The van der Waals surface area contributed by atoms with E-state index in [9.17, 15) is 9.59 Å². The zero-order valence-corrected chi connectivity index (χ0v) is 19.3. The highest BCUT2D eigenvalue weighted by molar-refractivity contribution is 6.05. The summed E-state index contributed by atoms with van der Waals surface area (Å²) in [7, 11) is 0. The number of halogens is 1. The molecule has 2 aliphatic carbocycles. The van der Waals surface area contributed by atoms with E-state index >= 15 is 0 Å². The number of nitrogens with zero attached hydrogens (tertiary/aromatic N) is 1. The van der Waals surface area contributed by atoms with Crippen LogP contribution in [0.15, 0.2) is 23.3 Å². The van der Waals surface area contributed by atoms with E-state index in [0.29, 0.717) is 0 Å². The molecule has 2 heterocycles. The third kappa shape index (κ3) is 4.07. The zero-order valence-electron chi connectivity index (χ0n) is 18.5. The van der Waals surface area contributed by atoms with Gasteiger partial charge in [-0.1, -0.05) is 33.8 Å². The number of rotatable bonds is 2. The van der Waals surface area contributed by atoms with Crippen LogP contribution < -0.4 is 0 Å². The normalized spacial score (nSPS) is 39.3. The van der Waals surface area contributed by atoms with E-state index in [-0.39, 0.29) is 52.9 Å². The van der Waals surface area contributed by atoms with E-state index in [1.165, 1.54) is 12.8 Å². The molecular formula is C24H36ClNO3. The Labute approximate surface area is 181 Å². The fourth-order valence-corrected chi connectivity index (χ4v) is 6.41. The van der Waals surface area contributed by atoms with Gasteiger partial charge in [0.25, 0.3) is 0 Å². The summed E-state index contributed by atoms with van der Waals surface area (Å²) in [4.78, 5) is 27.7. The van der Waals surface area contributed by atoms with Crippen molar-refractivity contribution in [2.45, 2.75) is 66.4 Å². The van der Waals surface area contributed by atoms with Crippen molar-refractivity contribution in [2.75, 3.05) is 19.6 Å². The van der Waals surface area contributed by atoms with Gasteiger partial charge in [-0.25, -0.2) is 0 Å². The molecule has 0 radical (unpaired) electrons. The number of carbonyl (C=O) groups is 2. The second kappa shape index (κ2) is 7.85. The van der Waals surface area contributed by atoms with Crippen LogP contribution in [-0.2, 0) is 14.3 Å². The average molecular weight is 422 g/mol. The van der Waals surface area contributed by atoms with Crippen molar-refractivity contribution in [2.24, 2.45) is 28.6 Å². The molecule has 0 bridgehead atoms. The minimum atomic E-state index is -0.218. The molecule has 2 unspecified atom stereocenters. The molecule has 29 heavy (non-hydrogen) atoms. The summed E-state index contributed by atoms with van der Waals surface area (Å²) in [5.74, 6) is 0.868. The number of esters is 1. The van der Waals surface area contributed by atoms with Crippen LogP contribution in [0.25, 0.3) is 0 Å². The molecule has 4 nitrogen and oxygen atoms in total. The first-order chi connectivity index (χ1) is 13.1. The molecule has 3 fully saturated rings. The molecule has 0 aromatic rings. The predicted octanol–water partition coefficient (Wildman–Crippen LogP) is 4.58. The second-order valence-corrected chi connectivity index (χ2v) is 10.8. The van der Waals surface area contributed by atoms with Gasteiger partial charge in [0.2, 0.25) is 0 Å². The molecular weight excluding hydrogens is 386 g/mol. The molecule has 0 N–H and O–H groups in total. The number of fused-ring (bicyclic) bond motifs is 3. The number of hydrogen-bond donors (Lipinski definition) is 0. The van der Waals surface area contributed by atoms with Gasteiger partial charge < -0.3 is 9.64 Å². The maximum atomic E-state index is 12.9. The molecule has 1 saturated carbocycles. The number of likely N-dealkylation sites (tertiary alicyclic amines) is 1. The quantitative estimate of drug-likeness (QED) is 0.612. The minimum Gasteiger partial charge on any atom is -0.457 e. The largest absolute Gasteiger partial charge is 0.457 e. The highest BCUT2D eigenvalue weighted by atomic mass is 35.5. The van der Waals surface area contributed by atoms with Gasteiger partial charge in [0.15, 0.2) is 5.78 Å². The van der Waals surface area contributed by atoms with Gasteiger partial charge in [-0.2, -0.15) is 0 Å². The van der Waals surface area contributed by atoms with Gasteiger partial charge in [-0.3, -0.25) is 9.59 Å². The van der Waals surface area contributed by atoms with Gasteiger partial charge in [0.1, 0.15) is 6.10 Å². The number of carbonyl (C=O) groups excluding carboxylic acids is 2. The van der Waals surface area contributed by atoms with Gasteiger partial charge in [0.05, 0.1) is 5.92 Å². The fraction of sp³-hybridized carbons (Fsp3) is 0.750. The van der Waals surface area contributed by atoms with Crippen LogP contribution in [0, 0.1) is 28.6 Å². The predicted molar refractivity (Wildman–Crippen MR) is 117 cm³/mol. The number of allylic oxidation sites excluding steroid dienone is 3. The van der Waals surface area contributed by atoms with Crippen LogP contribution in [0.4, 0.5) is 0 Å². The Balaban J connectivity index is 0.00000240. The lowest BCUT2D eigenvalue weighted by molar-refractivity contribution is -0.144. The van der Waals surface area contributed by atoms with E-state index in [1.54, 1.807) is 6.08 Å². The molecule has 0 amide bonds. The molecule has 162 valence electrons. The van der Waals surface area contributed by atoms with E-state index < -0.39 is 0 Å². The summed E-state index contributed by atoms with van der Waals surface area (Å²) in [6, 6.07) is 0. The summed E-state index contributed by atoms with van der Waals surface area (Å²) < 4.78 is 5.97. The Morgan fingerprint density at radius 3 is 2.66 bits per heavy atom. The topological polar surface area (TPSA) is 46.6 Å². The lowest BCUT2D eigenvalue weighted by atomic mass is 9.61. The monoisotopic (exact) mass is 421 g/mol. The standard InChI is InChI=1S/C24H35NO3.ClH/c1-15-8-11-25(14-23(3,4)12-15)13-18-17-6-9-24(5)10-7-19(26)16(2)20(24)21(17)28-22(18)27;/h7,10,15,17-18,21H,6,8-9,11-14H2,1-5H3;1H/t15?,17-,18?,21-,24-;/m0./s1. The molecule has 5 atom stereocenters. The van der Waals surface area contributed by atoms with Crippen LogP contribution in [0.1, 0.15) is 60.3 Å². The zero-order chi connectivity index (χ0) is 20.3. The Morgan fingerprint density at radius 2 is 1.93 bits per heavy atom. The van der Waals surface area contributed by atoms with Crippen LogP contribution in [-0.4, -0.2) is 42.4 Å². The smallest absolute Gasteiger partial charge is 0.311 e. The molecule has 0 spiro atoms. The van der Waals surface area contributed by atoms with Crippen LogP contribution >= 0.6 is 12.4 Å². The van der Waals surface area contributed by atoms with Crippen LogP contribution in [0.5, 0.6) is 0 Å². The summed E-state index contributed by atoms with van der Waals surface area (Å²) in [5, 5.41) is 0. The van der Waals surface area contributed by atoms with Crippen molar-refractivity contribution in [3.05, 3.63) is 23.3 Å². The molecule has 2 aliphatic heterocycles. The summed E-state index contributed by atoms with van der Waals surface area (Å²) in [5.41, 5.74) is 1.99. The van der Waals surface area contributed by atoms with E-state index in [4.69, 9.17) is 4.74 Å². The Hall–Kier alpha value is -1.13. The first-order valence-electron chi connectivity index (χ1n) is 11.0. The van der Waals surface area contributed by atoms with Crippen LogP contribution in [0.3, 0.4) is 0 Å². The Morgan fingerprint density at radius 1 is 1.21 bits per heavy atom. The molecule has 4 rings (SSSR count). The summed E-state index contributed by atoms with van der Waals surface area (Å²) >= 11 is 0. The fourth-order valence-electron chi connectivity index (χ4n) is 6.41. The average Bonchev–Trinajstić information content (AvgIpc) is 2.82. The van der Waals surface area contributed by atoms with Crippen molar-refractivity contribution in [3.63, 3.8) is 0 Å². The lowest BCUT2D eigenvalue weighted by Gasteiger charge is -2.43. The molecule has 2 saturated heterocycles. The second-order valence-electron chi connectivity index (χ2n) is 10.8. The van der Waals surface area contributed by atoms with Gasteiger partial charge in [-0.15, -0.1) is 12.4 Å². The maximum Gasteiger partial charge on any atom is 0.311 e. The highest BCUT2D eigenvalue weighted by Gasteiger charge is 2.54. The number of ketones is 1. The van der Waals surface area contributed by atoms with Gasteiger partial charge >= 0.3 is 5.97 Å². The van der Waals surface area contributed by atoms with Crippen molar-refractivity contribution in [1.29, 1.82) is 0 Å². The van der Waals surface area contributed by atoms with E-state index in [2.05, 4.69) is 32.6 Å². The van der Waals surface area contributed by atoms with Gasteiger partial charge in [0, 0.05) is 30.0 Å².